The molecule has 3 atom stereocenters. The first kappa shape index (κ1) is 19.0. The zero-order valence-corrected chi connectivity index (χ0v) is 17.6. The van der Waals surface area contributed by atoms with Crippen molar-refractivity contribution in [2.45, 2.75) is 69.3 Å². The van der Waals surface area contributed by atoms with Crippen LogP contribution in [0.4, 0.5) is 0 Å². The molecule has 4 saturated carbocycles. The molecule has 1 aliphatic heterocycles. The van der Waals surface area contributed by atoms with Crippen LogP contribution in [0.2, 0.25) is 5.02 Å². The smallest absolute Gasteiger partial charge is 0.0665 e. The van der Waals surface area contributed by atoms with Gasteiger partial charge in [0.05, 0.1) is 12.6 Å². The van der Waals surface area contributed by atoms with Gasteiger partial charge < -0.3 is 5.11 Å². The zero-order valence-electron chi connectivity index (χ0n) is 16.8. The van der Waals surface area contributed by atoms with E-state index in [2.05, 4.69) is 28.9 Å². The minimum atomic E-state index is -0.224. The van der Waals surface area contributed by atoms with Gasteiger partial charge in [0, 0.05) is 16.0 Å². The Bertz CT molecular complexity index is 771. The summed E-state index contributed by atoms with van der Waals surface area (Å²) >= 11 is 6.79. The molecule has 2 nitrogen and oxygen atoms in total. The van der Waals surface area contributed by atoms with Crippen LogP contribution in [0.15, 0.2) is 18.2 Å². The molecule has 28 heavy (non-hydrogen) atoms. The Morgan fingerprint density at radius 3 is 2.43 bits per heavy atom. The molecule has 3 heteroatoms. The molecule has 6 rings (SSSR count). The highest BCUT2D eigenvalue weighted by Crippen LogP contribution is 2.61. The average molecular weight is 398 g/mol. The van der Waals surface area contributed by atoms with E-state index in [1.54, 1.807) is 0 Å². The summed E-state index contributed by atoms with van der Waals surface area (Å²) in [6.07, 6.45) is 11.1. The molecule has 0 amide bonds. The summed E-state index contributed by atoms with van der Waals surface area (Å²) in [7, 11) is 0. The summed E-state index contributed by atoms with van der Waals surface area (Å²) in [6.45, 7) is 3.21. The highest BCUT2D eigenvalue weighted by atomic mass is 35.5. The summed E-state index contributed by atoms with van der Waals surface area (Å²) in [5, 5.41) is 11.9. The van der Waals surface area contributed by atoms with Gasteiger partial charge in [0.15, 0.2) is 0 Å². The Morgan fingerprint density at radius 2 is 1.75 bits per heavy atom. The number of rotatable bonds is 2. The van der Waals surface area contributed by atoms with Crippen LogP contribution < -0.4 is 0 Å². The first-order chi connectivity index (χ1) is 13.6. The van der Waals surface area contributed by atoms with E-state index in [1.165, 1.54) is 63.6 Å². The normalized spacial score (nSPS) is 37.4. The highest BCUT2D eigenvalue weighted by molar-refractivity contribution is 6.31. The quantitative estimate of drug-likeness (QED) is 0.709. The van der Waals surface area contributed by atoms with Crippen molar-refractivity contribution in [2.75, 3.05) is 19.6 Å². The topological polar surface area (TPSA) is 23.5 Å². The molecule has 1 aromatic rings. The third-order valence-electron chi connectivity index (χ3n) is 8.00. The number of halogens is 1. The Balaban J connectivity index is 1.34. The number of hydrogen-bond donors (Lipinski definition) is 1. The Hall–Kier alpha value is -1.01. The van der Waals surface area contributed by atoms with Crippen LogP contribution in [-0.4, -0.2) is 35.7 Å². The van der Waals surface area contributed by atoms with E-state index in [0.29, 0.717) is 5.92 Å². The molecule has 0 aromatic heterocycles. The Labute approximate surface area is 174 Å². The maximum absolute atomic E-state index is 11.1. The lowest BCUT2D eigenvalue weighted by Gasteiger charge is -2.60. The predicted octanol–water partition coefficient (Wildman–Crippen LogP) is 5.01. The Kier molecular flexibility index (Phi) is 5.20. The second-order valence-corrected chi connectivity index (χ2v) is 10.3. The van der Waals surface area contributed by atoms with E-state index < -0.39 is 0 Å². The summed E-state index contributed by atoms with van der Waals surface area (Å²) < 4.78 is 0. The molecule has 1 N–H and O–H groups in total. The van der Waals surface area contributed by atoms with Crippen LogP contribution in [0.25, 0.3) is 0 Å². The van der Waals surface area contributed by atoms with Gasteiger partial charge in [-0.2, -0.15) is 0 Å². The van der Waals surface area contributed by atoms with E-state index in [0.717, 1.165) is 41.8 Å². The van der Waals surface area contributed by atoms with Gasteiger partial charge in [0.2, 0.25) is 0 Å². The number of aliphatic hydroxyl groups is 1. The van der Waals surface area contributed by atoms with E-state index in [1.807, 2.05) is 6.07 Å². The van der Waals surface area contributed by atoms with Crippen molar-refractivity contribution in [3.05, 3.63) is 34.3 Å². The van der Waals surface area contributed by atoms with E-state index in [9.17, 15) is 5.11 Å². The van der Waals surface area contributed by atoms with Crippen LogP contribution in [0.1, 0.15) is 68.9 Å². The van der Waals surface area contributed by atoms with Crippen LogP contribution in [0, 0.1) is 29.6 Å². The molecule has 1 aromatic carbocycles. The SMILES string of the molecule is OC1C2CC3CC(C2)CC1(c1ccc(C#CCN2CCCCCC2)cc1Cl)C3. The molecule has 150 valence electrons. The zero-order chi connectivity index (χ0) is 19.1. The molecular formula is C25H32ClNO. The summed E-state index contributed by atoms with van der Waals surface area (Å²) in [5.41, 5.74) is 2.07. The summed E-state index contributed by atoms with van der Waals surface area (Å²) in [6, 6.07) is 6.34. The summed E-state index contributed by atoms with van der Waals surface area (Å²) in [5.74, 6) is 8.73. The fraction of sp³-hybridized carbons (Fsp3) is 0.680. The minimum Gasteiger partial charge on any atom is -0.392 e. The van der Waals surface area contributed by atoms with Gasteiger partial charge >= 0.3 is 0 Å². The molecule has 5 aliphatic rings. The van der Waals surface area contributed by atoms with Crippen LogP contribution in [0.5, 0.6) is 0 Å². The molecule has 4 bridgehead atoms. The molecule has 0 spiro atoms. The van der Waals surface area contributed by atoms with Crippen LogP contribution in [0.3, 0.4) is 0 Å². The lowest BCUT2D eigenvalue weighted by atomic mass is 9.46. The number of nitrogens with zero attached hydrogens (tertiary/aromatic N) is 1. The molecule has 3 unspecified atom stereocenters. The predicted molar refractivity (Wildman–Crippen MR) is 114 cm³/mol. The maximum Gasteiger partial charge on any atom is 0.0665 e. The monoisotopic (exact) mass is 397 g/mol. The first-order valence-electron chi connectivity index (χ1n) is 11.3. The van der Waals surface area contributed by atoms with Gasteiger partial charge in [-0.1, -0.05) is 42.3 Å². The number of likely N-dealkylation sites (tertiary alicyclic amines) is 1. The molecule has 4 aliphatic carbocycles. The fourth-order valence-corrected chi connectivity index (χ4v) is 7.31. The lowest BCUT2D eigenvalue weighted by molar-refractivity contribution is -0.113. The molecule has 5 fully saturated rings. The van der Waals surface area contributed by atoms with Crippen molar-refractivity contribution < 1.29 is 5.11 Å². The summed E-state index contributed by atoms with van der Waals surface area (Å²) in [4.78, 5) is 2.47. The van der Waals surface area contributed by atoms with Crippen molar-refractivity contribution in [3.8, 4) is 11.8 Å². The highest BCUT2D eigenvalue weighted by Gasteiger charge is 2.57. The number of benzene rings is 1. The van der Waals surface area contributed by atoms with Crippen molar-refractivity contribution >= 4 is 11.6 Å². The second kappa shape index (κ2) is 7.67. The van der Waals surface area contributed by atoms with Crippen LogP contribution >= 0.6 is 11.6 Å². The second-order valence-electron chi connectivity index (χ2n) is 9.90. The number of aliphatic hydroxyl groups excluding tert-OH is 1. The molecule has 1 heterocycles. The lowest BCUT2D eigenvalue weighted by Crippen LogP contribution is -2.58. The van der Waals surface area contributed by atoms with Gasteiger partial charge in [0.1, 0.15) is 0 Å². The third kappa shape index (κ3) is 3.41. The maximum atomic E-state index is 11.1. The molecular weight excluding hydrogens is 366 g/mol. The van der Waals surface area contributed by atoms with E-state index >= 15 is 0 Å². The van der Waals surface area contributed by atoms with Crippen molar-refractivity contribution in [3.63, 3.8) is 0 Å². The molecule has 1 saturated heterocycles. The van der Waals surface area contributed by atoms with Gasteiger partial charge in [-0.05, 0) is 93.5 Å². The van der Waals surface area contributed by atoms with Gasteiger partial charge in [-0.3, -0.25) is 4.90 Å². The van der Waals surface area contributed by atoms with E-state index in [-0.39, 0.29) is 11.5 Å². The first-order valence-corrected chi connectivity index (χ1v) is 11.7. The van der Waals surface area contributed by atoms with Gasteiger partial charge in [-0.15, -0.1) is 0 Å². The van der Waals surface area contributed by atoms with Gasteiger partial charge in [-0.25, -0.2) is 0 Å². The third-order valence-corrected chi connectivity index (χ3v) is 8.31. The number of hydrogen-bond acceptors (Lipinski definition) is 2. The molecule has 0 radical (unpaired) electrons. The minimum absolute atomic E-state index is 0.107. The van der Waals surface area contributed by atoms with Crippen LogP contribution in [-0.2, 0) is 5.41 Å². The fourth-order valence-electron chi connectivity index (χ4n) is 6.94. The van der Waals surface area contributed by atoms with Gasteiger partial charge in [0.25, 0.3) is 0 Å². The average Bonchev–Trinajstić information content (AvgIpc) is 2.94. The standard InChI is InChI=1S/C25H32ClNO/c26-23-15-18(6-5-11-27-9-3-1-2-4-10-27)7-8-22(23)25-16-19-12-20(17-25)14-21(13-19)24(25)28/h7-8,15,19-21,24,28H,1-4,9-14,16-17H2. The Morgan fingerprint density at radius 1 is 1.04 bits per heavy atom. The van der Waals surface area contributed by atoms with Crippen molar-refractivity contribution in [1.82, 2.24) is 4.90 Å². The largest absolute Gasteiger partial charge is 0.392 e. The van der Waals surface area contributed by atoms with E-state index in [4.69, 9.17) is 11.6 Å². The van der Waals surface area contributed by atoms with Crippen molar-refractivity contribution in [1.29, 1.82) is 0 Å². The van der Waals surface area contributed by atoms with Crippen molar-refractivity contribution in [2.24, 2.45) is 17.8 Å².